The predicted octanol–water partition coefficient (Wildman–Crippen LogP) is 6.68. The summed E-state index contributed by atoms with van der Waals surface area (Å²) in [5, 5.41) is 11.4. The van der Waals surface area contributed by atoms with Gasteiger partial charge in [0.15, 0.2) is 0 Å². The zero-order chi connectivity index (χ0) is 25.1. The number of rotatable bonds is 2. The summed E-state index contributed by atoms with van der Waals surface area (Å²) in [5.41, 5.74) is 4.04. The van der Waals surface area contributed by atoms with Crippen molar-refractivity contribution >= 4 is 27.5 Å². The Morgan fingerprint density at radius 1 is 0.914 bits per heavy atom. The number of allylic oxidation sites excluding steroid dienone is 2. The molecule has 185 valence electrons. The topological polar surface area (TPSA) is 63.1 Å². The van der Waals surface area contributed by atoms with Gasteiger partial charge in [-0.1, -0.05) is 12.1 Å². The Balaban J connectivity index is 0.000000271. The maximum absolute atomic E-state index is 11.4. The molecule has 0 saturated heterocycles. The van der Waals surface area contributed by atoms with Gasteiger partial charge in [0.05, 0.1) is 5.52 Å². The zero-order valence-electron chi connectivity index (χ0n) is 17.7. The van der Waals surface area contributed by atoms with Crippen LogP contribution < -0.4 is 0 Å². The average Bonchev–Trinajstić information content (AvgIpc) is 2.78. The molecule has 0 unspecified atom stereocenters. The number of hydrogen-bond donors (Lipinski definition) is 1. The summed E-state index contributed by atoms with van der Waals surface area (Å²) in [6.07, 6.45) is -9.82. The molecule has 0 aliphatic rings. The van der Waals surface area contributed by atoms with E-state index in [0.29, 0.717) is 0 Å². The minimum absolute atomic E-state index is 0. The largest absolute Gasteiger partial charge is 0.504 e. The van der Waals surface area contributed by atoms with Crippen molar-refractivity contribution in [3.8, 4) is 11.3 Å². The van der Waals surface area contributed by atoms with Crippen LogP contribution in [0.25, 0.3) is 32.9 Å². The first-order valence-electron chi connectivity index (χ1n) is 9.59. The van der Waals surface area contributed by atoms with Gasteiger partial charge in [0.1, 0.15) is 0 Å². The Morgan fingerprint density at radius 2 is 1.60 bits per heavy atom. The van der Waals surface area contributed by atoms with Crippen molar-refractivity contribution in [3.63, 3.8) is 0 Å². The molecule has 2 heterocycles. The number of halogens is 6. The number of aliphatic hydroxyl groups excluding tert-OH is 1. The first-order valence-corrected chi connectivity index (χ1v) is 9.59. The van der Waals surface area contributed by atoms with E-state index in [4.69, 9.17) is 5.11 Å². The summed E-state index contributed by atoms with van der Waals surface area (Å²) < 4.78 is 68.1. The van der Waals surface area contributed by atoms with Gasteiger partial charge in [0.25, 0.3) is 5.78 Å². The Morgan fingerprint density at radius 3 is 2.20 bits per heavy atom. The number of aryl methyl sites for hydroxylation is 1. The minimum Gasteiger partial charge on any atom is -0.504 e. The zero-order valence-corrected chi connectivity index (χ0v) is 20.1. The number of pyridine rings is 2. The number of fused-ring (bicyclic) bond motifs is 3. The normalized spacial score (nSPS) is 12.0. The molecular weight excluding hydrogens is 654 g/mol. The molecular formula is C24H15F6IrN2O2-. The van der Waals surface area contributed by atoms with E-state index in [1.807, 2.05) is 37.4 Å². The predicted molar refractivity (Wildman–Crippen MR) is 114 cm³/mol. The average molecular weight is 670 g/mol. The number of hydrogen-bond acceptors (Lipinski definition) is 4. The molecule has 0 atom stereocenters. The van der Waals surface area contributed by atoms with Crippen LogP contribution in [0.2, 0.25) is 0 Å². The first-order chi connectivity index (χ1) is 15.9. The molecule has 0 spiro atoms. The molecule has 2 aromatic heterocycles. The van der Waals surface area contributed by atoms with Gasteiger partial charge >= 0.3 is 12.4 Å². The Bertz CT molecular complexity index is 1370. The van der Waals surface area contributed by atoms with Gasteiger partial charge in [-0.25, -0.2) is 0 Å². The molecule has 1 N–H and O–H groups in total. The molecule has 4 rings (SSSR count). The van der Waals surface area contributed by atoms with Crippen molar-refractivity contribution in [3.05, 3.63) is 84.4 Å². The fourth-order valence-corrected chi connectivity index (χ4v) is 3.01. The molecule has 4 nitrogen and oxygen atoms in total. The van der Waals surface area contributed by atoms with Gasteiger partial charge in [-0.2, -0.15) is 26.3 Å². The number of aliphatic hydroxyl groups is 1. The fraction of sp³-hybridized carbons (Fsp3) is 0.125. The molecule has 4 aromatic rings. The number of alkyl halides is 6. The first kappa shape index (κ1) is 27.9. The molecule has 0 amide bonds. The van der Waals surface area contributed by atoms with E-state index in [2.05, 4.69) is 46.4 Å². The molecule has 0 aliphatic carbocycles. The van der Waals surface area contributed by atoms with Gasteiger partial charge in [-0.05, 0) is 41.6 Å². The number of nitrogens with zero attached hydrogens (tertiary/aromatic N) is 2. The van der Waals surface area contributed by atoms with Gasteiger partial charge in [0.2, 0.25) is 5.76 Å². The SMILES string of the molecule is Cc1ccc2c(ccc3c(-c4[c-]cccc4)nccc32)n1.O=C(/C=C(\O)C(F)(F)F)C(F)(F)F.[Ir]. The van der Waals surface area contributed by atoms with Gasteiger partial charge < -0.3 is 10.1 Å². The third-order valence-corrected chi connectivity index (χ3v) is 4.55. The third-order valence-electron chi connectivity index (χ3n) is 4.55. The second-order valence-corrected chi connectivity index (χ2v) is 7.01. The van der Waals surface area contributed by atoms with Crippen molar-refractivity contribution in [2.24, 2.45) is 0 Å². The van der Waals surface area contributed by atoms with E-state index in [1.165, 1.54) is 5.39 Å². The van der Waals surface area contributed by atoms with Crippen LogP contribution in [0.4, 0.5) is 26.3 Å². The van der Waals surface area contributed by atoms with Crippen LogP contribution in [0, 0.1) is 13.0 Å². The Kier molecular flexibility index (Phi) is 8.75. The van der Waals surface area contributed by atoms with Crippen molar-refractivity contribution in [1.29, 1.82) is 0 Å². The molecule has 0 saturated carbocycles. The Labute approximate surface area is 208 Å². The molecule has 0 fully saturated rings. The van der Waals surface area contributed by atoms with Gasteiger partial charge in [-0.15, -0.1) is 35.9 Å². The molecule has 35 heavy (non-hydrogen) atoms. The summed E-state index contributed by atoms with van der Waals surface area (Å²) in [7, 11) is 0. The van der Waals surface area contributed by atoms with E-state index < -0.39 is 30.0 Å². The van der Waals surface area contributed by atoms with E-state index in [1.54, 1.807) is 0 Å². The number of benzene rings is 2. The van der Waals surface area contributed by atoms with Gasteiger partial charge in [-0.3, -0.25) is 9.78 Å². The minimum atomic E-state index is -5.42. The van der Waals surface area contributed by atoms with Crippen LogP contribution in [0.15, 0.2) is 72.6 Å². The monoisotopic (exact) mass is 670 g/mol. The maximum atomic E-state index is 11.4. The number of carbonyl (C=O) groups is 1. The summed E-state index contributed by atoms with van der Waals surface area (Å²) in [5.74, 6) is -5.34. The van der Waals surface area contributed by atoms with Crippen LogP contribution in [-0.2, 0) is 24.9 Å². The molecule has 1 radical (unpaired) electrons. The van der Waals surface area contributed by atoms with Crippen molar-refractivity contribution < 1.29 is 56.3 Å². The summed E-state index contributed by atoms with van der Waals surface area (Å²) in [6.45, 7) is 2.01. The van der Waals surface area contributed by atoms with Crippen LogP contribution in [0.3, 0.4) is 0 Å². The van der Waals surface area contributed by atoms with Crippen molar-refractivity contribution in [2.75, 3.05) is 0 Å². The van der Waals surface area contributed by atoms with E-state index in [9.17, 15) is 31.1 Å². The summed E-state index contributed by atoms with van der Waals surface area (Å²) >= 11 is 0. The number of carbonyl (C=O) groups excluding carboxylic acids is 1. The van der Waals surface area contributed by atoms with Crippen LogP contribution in [-0.4, -0.2) is 33.2 Å². The third kappa shape index (κ3) is 6.86. The fourth-order valence-electron chi connectivity index (χ4n) is 3.01. The van der Waals surface area contributed by atoms with E-state index in [-0.39, 0.29) is 20.1 Å². The quantitative estimate of drug-likeness (QED) is 0.0852. The van der Waals surface area contributed by atoms with Crippen molar-refractivity contribution in [1.82, 2.24) is 9.97 Å². The van der Waals surface area contributed by atoms with E-state index >= 15 is 0 Å². The molecule has 0 aliphatic heterocycles. The second kappa shape index (κ2) is 11.0. The second-order valence-electron chi connectivity index (χ2n) is 7.01. The van der Waals surface area contributed by atoms with Crippen LogP contribution in [0.5, 0.6) is 0 Å². The molecule has 2 aromatic carbocycles. The standard InChI is InChI=1S/C19H13N2.C5H2F6O2.Ir/c1-13-7-8-16-15-11-12-20-19(14-5-3-2-4-6-14)17(15)9-10-18(16)21-13;6-4(7,8)2(12)1-3(13)5(9,10)11;/h2-5,7-12H,1H3;1,12H;/q-1;;/b;2-1-;. The number of ketones is 1. The summed E-state index contributed by atoms with van der Waals surface area (Å²) in [4.78, 5) is 19.0. The smallest absolute Gasteiger partial charge is 0.454 e. The van der Waals surface area contributed by atoms with Gasteiger partial charge in [0, 0.05) is 43.5 Å². The summed E-state index contributed by atoms with van der Waals surface area (Å²) in [6, 6.07) is 21.6. The van der Waals surface area contributed by atoms with Crippen LogP contribution in [0.1, 0.15) is 5.69 Å². The molecule has 0 bridgehead atoms. The van der Waals surface area contributed by atoms with Crippen molar-refractivity contribution in [2.45, 2.75) is 19.3 Å². The molecule has 11 heteroatoms. The van der Waals surface area contributed by atoms with Crippen LogP contribution >= 0.6 is 0 Å². The maximum Gasteiger partial charge on any atom is 0.454 e. The Hall–Kier alpha value is -3.30. The van der Waals surface area contributed by atoms with E-state index in [0.717, 1.165) is 33.2 Å². The number of aromatic nitrogens is 2.